The van der Waals surface area contributed by atoms with Crippen molar-refractivity contribution in [3.05, 3.63) is 78.5 Å². The third-order valence-electron chi connectivity index (χ3n) is 4.94. The number of aromatic nitrogens is 1. The average molecular weight is 456 g/mol. The fourth-order valence-corrected chi connectivity index (χ4v) is 3.99. The van der Waals surface area contributed by atoms with Gasteiger partial charge in [-0.05, 0) is 48.9 Å². The van der Waals surface area contributed by atoms with Crippen LogP contribution in [0.25, 0.3) is 11.1 Å². The molecule has 0 saturated carbocycles. The second kappa shape index (κ2) is 8.39. The van der Waals surface area contributed by atoms with Crippen LogP contribution in [0.1, 0.15) is 18.6 Å². The standard InChI is InChI=1S/C22H22FN5O3S/c1-14(19-12-17(23)6-7-20(19)28-26-8-9-27-28)31-21-11-16(13-25-22(21)24)15-4-3-5-18(10-15)32(2,29)30/h3-14,26-27H,1-2H3,(H2,24,25). The SMILES string of the molecule is CC(Oc1cc(-c2cccc(S(C)(=O)=O)c2)cnc1N)c1cc(F)ccc1N1NC=CN1. The Balaban J connectivity index is 1.66. The summed E-state index contributed by atoms with van der Waals surface area (Å²) >= 11 is 0. The number of halogens is 1. The lowest BCUT2D eigenvalue weighted by Crippen LogP contribution is -2.38. The highest BCUT2D eigenvalue weighted by Gasteiger charge is 2.20. The maximum atomic E-state index is 14.0. The van der Waals surface area contributed by atoms with Gasteiger partial charge in [0, 0.05) is 36.0 Å². The Morgan fingerprint density at radius 3 is 2.56 bits per heavy atom. The van der Waals surface area contributed by atoms with Crippen LogP contribution < -0.4 is 26.4 Å². The molecular weight excluding hydrogens is 433 g/mol. The number of nitrogens with zero attached hydrogens (tertiary/aromatic N) is 2. The lowest BCUT2D eigenvalue weighted by Gasteiger charge is -2.25. The zero-order chi connectivity index (χ0) is 22.9. The number of pyridine rings is 1. The highest BCUT2D eigenvalue weighted by atomic mass is 32.2. The van der Waals surface area contributed by atoms with Gasteiger partial charge in [-0.1, -0.05) is 12.1 Å². The molecule has 0 spiro atoms. The summed E-state index contributed by atoms with van der Waals surface area (Å²) in [5.41, 5.74) is 14.6. The Hall–Kier alpha value is -3.79. The van der Waals surface area contributed by atoms with E-state index in [0.717, 1.165) is 6.26 Å². The normalized spacial score (nSPS) is 14.0. The largest absolute Gasteiger partial charge is 0.482 e. The molecule has 1 unspecified atom stereocenters. The Bertz CT molecular complexity index is 1290. The van der Waals surface area contributed by atoms with Gasteiger partial charge in [0.05, 0.1) is 10.6 Å². The number of benzene rings is 2. The number of nitrogens with two attached hydrogens (primary N) is 1. The smallest absolute Gasteiger partial charge is 0.175 e. The van der Waals surface area contributed by atoms with E-state index in [4.69, 9.17) is 10.5 Å². The number of sulfone groups is 1. The molecule has 0 aliphatic carbocycles. The second-order valence-electron chi connectivity index (χ2n) is 7.30. The van der Waals surface area contributed by atoms with E-state index in [-0.39, 0.29) is 10.7 Å². The number of hydrazine groups is 2. The first-order valence-electron chi connectivity index (χ1n) is 9.72. The molecule has 1 aliphatic heterocycles. The van der Waals surface area contributed by atoms with Crippen molar-refractivity contribution in [2.75, 3.05) is 17.1 Å². The molecule has 1 atom stereocenters. The number of nitrogens with one attached hydrogen (secondary N) is 2. The Morgan fingerprint density at radius 2 is 1.84 bits per heavy atom. The van der Waals surface area contributed by atoms with E-state index < -0.39 is 21.8 Å². The Labute approximate surface area is 185 Å². The van der Waals surface area contributed by atoms with Crippen molar-refractivity contribution >= 4 is 21.3 Å². The van der Waals surface area contributed by atoms with Gasteiger partial charge in [0.25, 0.3) is 0 Å². The molecule has 4 N–H and O–H groups in total. The number of ether oxygens (including phenoxy) is 1. The van der Waals surface area contributed by atoms with E-state index in [2.05, 4.69) is 15.8 Å². The third-order valence-corrected chi connectivity index (χ3v) is 6.05. The zero-order valence-corrected chi connectivity index (χ0v) is 18.2. The number of hydrogen-bond donors (Lipinski definition) is 3. The molecule has 0 bridgehead atoms. The van der Waals surface area contributed by atoms with Crippen molar-refractivity contribution < 1.29 is 17.5 Å². The van der Waals surface area contributed by atoms with Crippen molar-refractivity contribution in [3.63, 3.8) is 0 Å². The number of nitrogen functional groups attached to an aromatic ring is 1. The molecule has 166 valence electrons. The summed E-state index contributed by atoms with van der Waals surface area (Å²) in [7, 11) is -3.36. The first-order chi connectivity index (χ1) is 15.2. The van der Waals surface area contributed by atoms with Crippen LogP contribution >= 0.6 is 0 Å². The van der Waals surface area contributed by atoms with Gasteiger partial charge in [-0.15, -0.1) is 0 Å². The van der Waals surface area contributed by atoms with Gasteiger partial charge in [-0.3, -0.25) is 10.9 Å². The lowest BCUT2D eigenvalue weighted by molar-refractivity contribution is 0.227. The number of rotatable bonds is 6. The molecule has 2 heterocycles. The number of hydrogen-bond acceptors (Lipinski definition) is 8. The van der Waals surface area contributed by atoms with Gasteiger partial charge in [0.2, 0.25) is 0 Å². The molecule has 8 nitrogen and oxygen atoms in total. The van der Waals surface area contributed by atoms with Crippen LogP contribution in [0, 0.1) is 5.82 Å². The molecule has 1 aromatic heterocycles. The van der Waals surface area contributed by atoms with Crippen molar-refractivity contribution in [1.82, 2.24) is 15.8 Å². The summed E-state index contributed by atoms with van der Waals surface area (Å²) in [5, 5.41) is 1.63. The fourth-order valence-electron chi connectivity index (χ4n) is 3.32. The summed E-state index contributed by atoms with van der Waals surface area (Å²) in [6.45, 7) is 1.78. The predicted octanol–water partition coefficient (Wildman–Crippen LogP) is 3.31. The first-order valence-corrected chi connectivity index (χ1v) is 11.6. The van der Waals surface area contributed by atoms with Gasteiger partial charge in [0.15, 0.2) is 21.4 Å². The van der Waals surface area contributed by atoms with Crippen LogP contribution in [0.4, 0.5) is 15.9 Å². The summed E-state index contributed by atoms with van der Waals surface area (Å²) in [4.78, 5) is 4.40. The van der Waals surface area contributed by atoms with Crippen molar-refractivity contribution in [3.8, 4) is 16.9 Å². The maximum absolute atomic E-state index is 14.0. The van der Waals surface area contributed by atoms with Crippen LogP contribution in [-0.2, 0) is 9.84 Å². The van der Waals surface area contributed by atoms with Crippen LogP contribution in [0.5, 0.6) is 5.75 Å². The molecule has 32 heavy (non-hydrogen) atoms. The van der Waals surface area contributed by atoms with Crippen molar-refractivity contribution in [1.29, 1.82) is 0 Å². The molecule has 0 fully saturated rings. The quantitative estimate of drug-likeness (QED) is 0.519. The van der Waals surface area contributed by atoms with Crippen LogP contribution in [0.2, 0.25) is 0 Å². The third kappa shape index (κ3) is 4.45. The van der Waals surface area contributed by atoms with Gasteiger partial charge >= 0.3 is 0 Å². The van der Waals surface area contributed by atoms with Gasteiger partial charge in [-0.25, -0.2) is 17.8 Å². The van der Waals surface area contributed by atoms with Gasteiger partial charge < -0.3 is 10.5 Å². The monoisotopic (exact) mass is 455 g/mol. The molecule has 0 radical (unpaired) electrons. The average Bonchev–Trinajstić information content (AvgIpc) is 3.29. The van der Waals surface area contributed by atoms with Crippen molar-refractivity contribution in [2.45, 2.75) is 17.9 Å². The molecule has 10 heteroatoms. The first kappa shape index (κ1) is 21.4. The molecule has 2 aromatic carbocycles. The molecular formula is C22H22FN5O3S. The highest BCUT2D eigenvalue weighted by molar-refractivity contribution is 7.90. The summed E-state index contributed by atoms with van der Waals surface area (Å²) < 4.78 is 43.9. The highest BCUT2D eigenvalue weighted by Crippen LogP contribution is 2.34. The van der Waals surface area contributed by atoms with Gasteiger partial charge in [-0.2, -0.15) is 5.12 Å². The van der Waals surface area contributed by atoms with E-state index >= 15 is 0 Å². The van der Waals surface area contributed by atoms with E-state index in [1.165, 1.54) is 18.2 Å². The predicted molar refractivity (Wildman–Crippen MR) is 121 cm³/mol. The minimum Gasteiger partial charge on any atom is -0.482 e. The minimum absolute atomic E-state index is 0.164. The molecule has 1 aliphatic rings. The molecule has 0 amide bonds. The molecule has 4 rings (SSSR count). The fraction of sp³-hybridized carbons (Fsp3) is 0.136. The molecule has 3 aromatic rings. The van der Waals surface area contributed by atoms with E-state index in [1.54, 1.807) is 61.0 Å². The van der Waals surface area contributed by atoms with E-state index in [0.29, 0.717) is 28.1 Å². The van der Waals surface area contributed by atoms with Gasteiger partial charge in [0.1, 0.15) is 11.9 Å². The maximum Gasteiger partial charge on any atom is 0.175 e. The van der Waals surface area contributed by atoms with E-state index in [1.807, 2.05) is 0 Å². The topological polar surface area (TPSA) is 110 Å². The zero-order valence-electron chi connectivity index (χ0n) is 17.4. The van der Waals surface area contributed by atoms with Crippen molar-refractivity contribution in [2.24, 2.45) is 0 Å². The number of anilines is 2. The molecule has 0 saturated heterocycles. The minimum atomic E-state index is -3.36. The van der Waals surface area contributed by atoms with Crippen LogP contribution in [0.15, 0.2) is 72.0 Å². The summed E-state index contributed by atoms with van der Waals surface area (Å²) in [6.07, 6.45) is 5.53. The summed E-state index contributed by atoms with van der Waals surface area (Å²) in [5.74, 6) is 0.0659. The Kier molecular flexibility index (Phi) is 5.62. The van der Waals surface area contributed by atoms with Crippen LogP contribution in [-0.4, -0.2) is 19.7 Å². The summed E-state index contributed by atoms with van der Waals surface area (Å²) in [6, 6.07) is 12.6. The Morgan fingerprint density at radius 1 is 1.09 bits per heavy atom. The van der Waals surface area contributed by atoms with E-state index in [9.17, 15) is 12.8 Å². The second-order valence-corrected chi connectivity index (χ2v) is 9.31. The lowest BCUT2D eigenvalue weighted by atomic mass is 10.1. The van der Waals surface area contributed by atoms with Crippen LogP contribution in [0.3, 0.4) is 0 Å².